The topological polar surface area (TPSA) is 15.3 Å². The van der Waals surface area contributed by atoms with E-state index in [1.165, 1.54) is 63.7 Å². The first-order valence-corrected chi connectivity index (χ1v) is 9.55. The van der Waals surface area contributed by atoms with Crippen LogP contribution in [0.1, 0.15) is 72.6 Å². The normalized spacial score (nSPS) is 25.3. The van der Waals surface area contributed by atoms with Gasteiger partial charge >= 0.3 is 0 Å². The molecule has 1 heterocycles. The summed E-state index contributed by atoms with van der Waals surface area (Å²) < 4.78 is 0. The second kappa shape index (κ2) is 7.86. The third-order valence-electron chi connectivity index (χ3n) is 5.78. The van der Waals surface area contributed by atoms with Crippen molar-refractivity contribution >= 4 is 0 Å². The van der Waals surface area contributed by atoms with Crippen LogP contribution in [-0.2, 0) is 0 Å². The van der Waals surface area contributed by atoms with Crippen LogP contribution in [0.4, 0.5) is 0 Å². The molecule has 2 heteroatoms. The molecule has 0 bridgehead atoms. The van der Waals surface area contributed by atoms with Crippen LogP contribution >= 0.6 is 0 Å². The van der Waals surface area contributed by atoms with E-state index in [1.54, 1.807) is 0 Å². The Bertz CT molecular complexity index is 351. The maximum atomic E-state index is 4.18. The minimum absolute atomic E-state index is 0.500. The molecule has 1 spiro atoms. The highest BCUT2D eigenvalue weighted by molar-refractivity contribution is 4.99. The summed E-state index contributed by atoms with van der Waals surface area (Å²) in [7, 11) is 0. The molecule has 0 radical (unpaired) electrons. The van der Waals surface area contributed by atoms with E-state index in [0.29, 0.717) is 11.5 Å². The molecule has 1 unspecified atom stereocenters. The Morgan fingerprint density at radius 1 is 1.18 bits per heavy atom. The van der Waals surface area contributed by atoms with E-state index in [9.17, 15) is 0 Å². The number of rotatable bonds is 7. The number of hydrogen-bond acceptors (Lipinski definition) is 2. The number of likely N-dealkylation sites (tertiary alicyclic amines) is 1. The van der Waals surface area contributed by atoms with Crippen molar-refractivity contribution in [3.05, 3.63) is 12.3 Å². The van der Waals surface area contributed by atoms with Gasteiger partial charge in [-0.05, 0) is 76.3 Å². The molecule has 1 aliphatic heterocycles. The van der Waals surface area contributed by atoms with E-state index in [-0.39, 0.29) is 0 Å². The van der Waals surface area contributed by atoms with Crippen molar-refractivity contribution < 1.29 is 0 Å². The Kier molecular flexibility index (Phi) is 6.37. The molecule has 0 aromatic carbocycles. The van der Waals surface area contributed by atoms with Gasteiger partial charge in [0.1, 0.15) is 0 Å². The summed E-state index contributed by atoms with van der Waals surface area (Å²) in [5.74, 6) is 1.89. The van der Waals surface area contributed by atoms with E-state index < -0.39 is 0 Å². The van der Waals surface area contributed by atoms with Crippen molar-refractivity contribution in [2.24, 2.45) is 17.3 Å². The Balaban J connectivity index is 1.72. The van der Waals surface area contributed by atoms with Crippen LogP contribution in [0.2, 0.25) is 0 Å². The van der Waals surface area contributed by atoms with Crippen LogP contribution < -0.4 is 5.32 Å². The Hall–Kier alpha value is -0.500. The van der Waals surface area contributed by atoms with Crippen LogP contribution in [0.15, 0.2) is 12.3 Å². The quantitative estimate of drug-likeness (QED) is 0.725. The molecule has 128 valence electrons. The second-order valence-corrected chi connectivity index (χ2v) is 8.76. The summed E-state index contributed by atoms with van der Waals surface area (Å²) in [6.07, 6.45) is 10.2. The first kappa shape index (κ1) is 17.8. The fraction of sp³-hybridized carbons (Fsp3) is 0.900. The van der Waals surface area contributed by atoms with E-state index in [0.717, 1.165) is 18.4 Å². The standard InChI is InChI=1S/C20H38N2/c1-16(2)6-7-19-8-9-20(14-19)10-12-22(13-11-20)15-18(5)21-17(3)4/h16-17,19,21H,5-15H2,1-4H3. The summed E-state index contributed by atoms with van der Waals surface area (Å²) in [5, 5.41) is 3.45. The monoisotopic (exact) mass is 306 g/mol. The molecule has 0 aromatic rings. The average Bonchev–Trinajstić information content (AvgIpc) is 2.82. The van der Waals surface area contributed by atoms with Gasteiger partial charge in [0.05, 0.1) is 0 Å². The number of hydrogen-bond donors (Lipinski definition) is 1. The predicted octanol–water partition coefficient (Wildman–Crippen LogP) is 4.82. The van der Waals surface area contributed by atoms with Crippen molar-refractivity contribution in [2.75, 3.05) is 19.6 Å². The van der Waals surface area contributed by atoms with E-state index in [2.05, 4.69) is 44.5 Å². The summed E-state index contributed by atoms with van der Waals surface area (Å²) in [6.45, 7) is 16.9. The smallest absolute Gasteiger partial charge is 0.0375 e. The maximum Gasteiger partial charge on any atom is 0.0375 e. The zero-order valence-corrected chi connectivity index (χ0v) is 15.5. The molecule has 1 saturated carbocycles. The van der Waals surface area contributed by atoms with Crippen molar-refractivity contribution in [2.45, 2.75) is 78.7 Å². The molecular formula is C20H38N2. The highest BCUT2D eigenvalue weighted by atomic mass is 15.2. The van der Waals surface area contributed by atoms with Crippen LogP contribution in [0.25, 0.3) is 0 Å². The highest BCUT2D eigenvalue weighted by Gasteiger charge is 2.40. The zero-order chi connectivity index (χ0) is 16.2. The van der Waals surface area contributed by atoms with Gasteiger partial charge in [0.2, 0.25) is 0 Å². The fourth-order valence-corrected chi connectivity index (χ4v) is 4.51. The van der Waals surface area contributed by atoms with Crippen LogP contribution in [0.5, 0.6) is 0 Å². The summed E-state index contributed by atoms with van der Waals surface area (Å²) in [6, 6.07) is 0.500. The minimum Gasteiger partial charge on any atom is -0.386 e. The predicted molar refractivity (Wildman–Crippen MR) is 96.9 cm³/mol. The second-order valence-electron chi connectivity index (χ2n) is 8.76. The molecule has 1 aliphatic carbocycles. The number of nitrogens with one attached hydrogen (secondary N) is 1. The SMILES string of the molecule is C=C(CN1CCC2(CCC(CCC(C)C)C2)CC1)NC(C)C. The van der Waals surface area contributed by atoms with Gasteiger partial charge in [-0.1, -0.05) is 33.3 Å². The first-order chi connectivity index (χ1) is 10.4. The molecule has 22 heavy (non-hydrogen) atoms. The largest absolute Gasteiger partial charge is 0.386 e. The lowest BCUT2D eigenvalue weighted by atomic mass is 9.76. The Morgan fingerprint density at radius 2 is 1.86 bits per heavy atom. The first-order valence-electron chi connectivity index (χ1n) is 9.55. The van der Waals surface area contributed by atoms with Gasteiger partial charge in [-0.25, -0.2) is 0 Å². The van der Waals surface area contributed by atoms with Gasteiger partial charge < -0.3 is 5.32 Å². The van der Waals surface area contributed by atoms with Gasteiger partial charge in [-0.2, -0.15) is 0 Å². The maximum absolute atomic E-state index is 4.18. The van der Waals surface area contributed by atoms with Gasteiger partial charge in [0.15, 0.2) is 0 Å². The van der Waals surface area contributed by atoms with Crippen LogP contribution in [-0.4, -0.2) is 30.6 Å². The lowest BCUT2D eigenvalue weighted by Gasteiger charge is -2.40. The van der Waals surface area contributed by atoms with Gasteiger partial charge in [-0.15, -0.1) is 0 Å². The molecule has 2 nitrogen and oxygen atoms in total. The zero-order valence-electron chi connectivity index (χ0n) is 15.5. The van der Waals surface area contributed by atoms with Gasteiger partial charge in [0, 0.05) is 18.3 Å². The van der Waals surface area contributed by atoms with Crippen molar-refractivity contribution in [1.82, 2.24) is 10.2 Å². The molecule has 0 aromatic heterocycles. The molecule has 1 saturated heterocycles. The number of piperidine rings is 1. The average molecular weight is 307 g/mol. The fourth-order valence-electron chi connectivity index (χ4n) is 4.51. The minimum atomic E-state index is 0.500. The molecule has 2 rings (SSSR count). The van der Waals surface area contributed by atoms with E-state index in [4.69, 9.17) is 0 Å². The summed E-state index contributed by atoms with van der Waals surface area (Å²) >= 11 is 0. The molecule has 1 N–H and O–H groups in total. The third kappa shape index (κ3) is 5.30. The summed E-state index contributed by atoms with van der Waals surface area (Å²) in [5.41, 5.74) is 1.89. The highest BCUT2D eigenvalue weighted by Crippen LogP contribution is 2.50. The van der Waals surface area contributed by atoms with E-state index in [1.807, 2.05) is 0 Å². The lowest BCUT2D eigenvalue weighted by molar-refractivity contribution is 0.109. The molecular weight excluding hydrogens is 268 g/mol. The molecule has 2 aliphatic rings. The number of nitrogens with zero attached hydrogens (tertiary/aromatic N) is 1. The van der Waals surface area contributed by atoms with Crippen molar-refractivity contribution in [3.63, 3.8) is 0 Å². The van der Waals surface area contributed by atoms with Crippen LogP contribution in [0, 0.1) is 17.3 Å². The Morgan fingerprint density at radius 3 is 2.45 bits per heavy atom. The lowest BCUT2D eigenvalue weighted by Crippen LogP contribution is -2.41. The molecule has 2 fully saturated rings. The third-order valence-corrected chi connectivity index (χ3v) is 5.78. The molecule has 1 atom stereocenters. The van der Waals surface area contributed by atoms with Crippen molar-refractivity contribution in [3.8, 4) is 0 Å². The van der Waals surface area contributed by atoms with Gasteiger partial charge in [-0.3, -0.25) is 4.90 Å². The van der Waals surface area contributed by atoms with Gasteiger partial charge in [0.25, 0.3) is 0 Å². The summed E-state index contributed by atoms with van der Waals surface area (Å²) in [4.78, 5) is 2.60. The molecule has 0 amide bonds. The van der Waals surface area contributed by atoms with Crippen LogP contribution in [0.3, 0.4) is 0 Å². The Labute approximate surface area is 138 Å². The van der Waals surface area contributed by atoms with E-state index >= 15 is 0 Å². The van der Waals surface area contributed by atoms with Crippen molar-refractivity contribution in [1.29, 1.82) is 0 Å².